The fourth-order valence-electron chi connectivity index (χ4n) is 3.25. The van der Waals surface area contributed by atoms with E-state index in [0.717, 1.165) is 36.8 Å². The van der Waals surface area contributed by atoms with Crippen LogP contribution in [0.5, 0.6) is 0 Å². The Morgan fingerprint density at radius 3 is 2.68 bits per heavy atom. The second-order valence-electron chi connectivity index (χ2n) is 5.97. The summed E-state index contributed by atoms with van der Waals surface area (Å²) >= 11 is 0. The van der Waals surface area contributed by atoms with Crippen molar-refractivity contribution in [3.8, 4) is 0 Å². The maximum absolute atomic E-state index is 13.6. The molecule has 1 aromatic heterocycles. The van der Waals surface area contributed by atoms with Crippen LogP contribution in [0.2, 0.25) is 0 Å². The lowest BCUT2D eigenvalue weighted by atomic mass is 9.78. The molecule has 1 saturated carbocycles. The van der Waals surface area contributed by atoms with Gasteiger partial charge in [0, 0.05) is 6.20 Å². The Morgan fingerprint density at radius 1 is 1.23 bits per heavy atom. The third kappa shape index (κ3) is 2.73. The summed E-state index contributed by atoms with van der Waals surface area (Å²) in [5.41, 5.74) is 1.15. The molecule has 3 rings (SSSR count). The van der Waals surface area contributed by atoms with Gasteiger partial charge < -0.3 is 5.32 Å². The van der Waals surface area contributed by atoms with E-state index in [1.54, 1.807) is 12.3 Å². The third-order valence-corrected chi connectivity index (χ3v) is 4.43. The Labute approximate surface area is 129 Å². The van der Waals surface area contributed by atoms with Gasteiger partial charge in [0.1, 0.15) is 11.6 Å². The van der Waals surface area contributed by atoms with Gasteiger partial charge in [-0.15, -0.1) is 0 Å². The molecule has 22 heavy (non-hydrogen) atoms. The molecule has 1 fully saturated rings. The fourth-order valence-corrected chi connectivity index (χ4v) is 3.25. The van der Waals surface area contributed by atoms with Crippen LogP contribution in [0.1, 0.15) is 36.8 Å². The average Bonchev–Trinajstić information content (AvgIpc) is 2.98. The summed E-state index contributed by atoms with van der Waals surface area (Å²) in [6, 6.07) is 10.1. The number of hydrogen-bond donors (Lipinski definition) is 1. The highest BCUT2D eigenvalue weighted by atomic mass is 19.1. The van der Waals surface area contributed by atoms with Crippen molar-refractivity contribution in [3.63, 3.8) is 0 Å². The molecule has 0 aliphatic heterocycles. The molecule has 3 nitrogen and oxygen atoms in total. The number of pyridine rings is 1. The molecule has 114 valence electrons. The Hall–Kier alpha value is -2.23. The first-order chi connectivity index (χ1) is 10.6. The number of nitrogens with zero attached hydrogens (tertiary/aromatic N) is 1. The summed E-state index contributed by atoms with van der Waals surface area (Å²) in [5.74, 6) is 0.159. The van der Waals surface area contributed by atoms with Crippen molar-refractivity contribution in [2.45, 2.75) is 38.0 Å². The van der Waals surface area contributed by atoms with E-state index in [2.05, 4.69) is 10.3 Å². The average molecular weight is 298 g/mol. The van der Waals surface area contributed by atoms with E-state index in [4.69, 9.17) is 0 Å². The van der Waals surface area contributed by atoms with Crippen molar-refractivity contribution >= 4 is 11.7 Å². The van der Waals surface area contributed by atoms with Crippen LogP contribution in [0, 0.1) is 12.7 Å². The SMILES string of the molecule is Cc1ccnc(NC(=O)C2(c3cccc(F)c3)CCCC2)c1. The van der Waals surface area contributed by atoms with Crippen LogP contribution in [0.15, 0.2) is 42.6 Å². The second-order valence-corrected chi connectivity index (χ2v) is 5.97. The molecule has 4 heteroatoms. The number of rotatable bonds is 3. The summed E-state index contributed by atoms with van der Waals surface area (Å²) in [4.78, 5) is 17.1. The minimum Gasteiger partial charge on any atom is -0.310 e. The quantitative estimate of drug-likeness (QED) is 0.931. The largest absolute Gasteiger partial charge is 0.310 e. The van der Waals surface area contributed by atoms with Crippen LogP contribution in [0.25, 0.3) is 0 Å². The number of aryl methyl sites for hydroxylation is 1. The summed E-state index contributed by atoms with van der Waals surface area (Å²) in [7, 11) is 0. The van der Waals surface area contributed by atoms with Gasteiger partial charge in [-0.2, -0.15) is 0 Å². The topological polar surface area (TPSA) is 42.0 Å². The zero-order valence-corrected chi connectivity index (χ0v) is 12.6. The van der Waals surface area contributed by atoms with Gasteiger partial charge in [0.05, 0.1) is 5.41 Å². The van der Waals surface area contributed by atoms with E-state index in [0.29, 0.717) is 5.82 Å². The van der Waals surface area contributed by atoms with Crippen molar-refractivity contribution < 1.29 is 9.18 Å². The number of anilines is 1. The van der Waals surface area contributed by atoms with E-state index in [-0.39, 0.29) is 11.7 Å². The highest BCUT2D eigenvalue weighted by Crippen LogP contribution is 2.42. The molecule has 0 bridgehead atoms. The minimum atomic E-state index is -0.645. The first-order valence-corrected chi connectivity index (χ1v) is 7.60. The molecule has 1 aliphatic rings. The van der Waals surface area contributed by atoms with Crippen molar-refractivity contribution in [2.24, 2.45) is 0 Å². The summed E-state index contributed by atoms with van der Waals surface area (Å²) in [6.45, 7) is 1.95. The van der Waals surface area contributed by atoms with Crippen molar-refractivity contribution in [1.82, 2.24) is 4.98 Å². The normalized spacial score (nSPS) is 16.5. The standard InChI is InChI=1S/C18H19FN2O/c1-13-7-10-20-16(11-13)21-17(22)18(8-2-3-9-18)14-5-4-6-15(19)12-14/h4-7,10-12H,2-3,8-9H2,1H3,(H,20,21,22). The van der Waals surface area contributed by atoms with Gasteiger partial charge in [0.2, 0.25) is 5.91 Å². The van der Waals surface area contributed by atoms with Gasteiger partial charge in [-0.05, 0) is 55.2 Å². The molecule has 0 radical (unpaired) electrons. The summed E-state index contributed by atoms with van der Waals surface area (Å²) < 4.78 is 13.6. The molecule has 1 aliphatic carbocycles. The van der Waals surface area contributed by atoms with Crippen molar-refractivity contribution in [2.75, 3.05) is 5.32 Å². The number of hydrogen-bond acceptors (Lipinski definition) is 2. The molecule has 1 N–H and O–H groups in total. The molecule has 0 unspecified atom stereocenters. The predicted molar refractivity (Wildman–Crippen MR) is 84.1 cm³/mol. The van der Waals surface area contributed by atoms with Gasteiger partial charge in [-0.3, -0.25) is 4.79 Å². The Balaban J connectivity index is 1.92. The van der Waals surface area contributed by atoms with Gasteiger partial charge >= 0.3 is 0 Å². The maximum atomic E-state index is 13.6. The highest BCUT2D eigenvalue weighted by molar-refractivity contribution is 5.98. The van der Waals surface area contributed by atoms with Crippen molar-refractivity contribution in [1.29, 1.82) is 0 Å². The van der Waals surface area contributed by atoms with E-state index in [9.17, 15) is 9.18 Å². The maximum Gasteiger partial charge on any atom is 0.236 e. The monoisotopic (exact) mass is 298 g/mol. The van der Waals surface area contributed by atoms with Gasteiger partial charge in [0.25, 0.3) is 0 Å². The molecule has 0 spiro atoms. The number of halogens is 1. The molecular weight excluding hydrogens is 279 g/mol. The third-order valence-electron chi connectivity index (χ3n) is 4.43. The van der Waals surface area contributed by atoms with Crippen LogP contribution >= 0.6 is 0 Å². The Morgan fingerprint density at radius 2 is 2.00 bits per heavy atom. The first-order valence-electron chi connectivity index (χ1n) is 7.60. The Kier molecular flexibility index (Phi) is 3.92. The van der Waals surface area contributed by atoms with Gasteiger partial charge in [0.15, 0.2) is 0 Å². The number of nitrogens with one attached hydrogen (secondary N) is 1. The summed E-state index contributed by atoms with van der Waals surface area (Å²) in [5, 5.41) is 2.91. The zero-order chi connectivity index (χ0) is 15.6. The number of aromatic nitrogens is 1. The second kappa shape index (κ2) is 5.87. The molecule has 0 atom stereocenters. The predicted octanol–water partition coefficient (Wildman–Crippen LogP) is 3.98. The molecule has 2 aromatic rings. The zero-order valence-electron chi connectivity index (χ0n) is 12.6. The van der Waals surface area contributed by atoms with E-state index >= 15 is 0 Å². The highest BCUT2D eigenvalue weighted by Gasteiger charge is 2.43. The lowest BCUT2D eigenvalue weighted by molar-refractivity contribution is -0.121. The molecule has 1 amide bonds. The minimum absolute atomic E-state index is 0.0892. The molecular formula is C18H19FN2O. The number of amides is 1. The fraction of sp³-hybridized carbons (Fsp3) is 0.333. The lowest BCUT2D eigenvalue weighted by Gasteiger charge is -2.28. The molecule has 1 aromatic carbocycles. The molecule has 1 heterocycles. The van der Waals surface area contributed by atoms with E-state index < -0.39 is 5.41 Å². The van der Waals surface area contributed by atoms with Gasteiger partial charge in [-0.1, -0.05) is 25.0 Å². The van der Waals surface area contributed by atoms with E-state index in [1.807, 2.05) is 25.1 Å². The van der Waals surface area contributed by atoms with Crippen LogP contribution < -0.4 is 5.32 Å². The van der Waals surface area contributed by atoms with Crippen molar-refractivity contribution in [3.05, 3.63) is 59.5 Å². The van der Waals surface area contributed by atoms with Crippen LogP contribution in [0.3, 0.4) is 0 Å². The van der Waals surface area contributed by atoms with Crippen LogP contribution in [-0.4, -0.2) is 10.9 Å². The smallest absolute Gasteiger partial charge is 0.236 e. The first kappa shape index (κ1) is 14.7. The van der Waals surface area contributed by atoms with E-state index in [1.165, 1.54) is 12.1 Å². The molecule has 0 saturated heterocycles. The van der Waals surface area contributed by atoms with Crippen LogP contribution in [-0.2, 0) is 10.2 Å². The van der Waals surface area contributed by atoms with Crippen LogP contribution in [0.4, 0.5) is 10.2 Å². The lowest BCUT2D eigenvalue weighted by Crippen LogP contribution is -2.38. The number of carbonyl (C=O) groups excluding carboxylic acids is 1. The number of benzene rings is 1. The van der Waals surface area contributed by atoms with Gasteiger partial charge in [-0.25, -0.2) is 9.37 Å². The number of carbonyl (C=O) groups is 1. The summed E-state index contributed by atoms with van der Waals surface area (Å²) in [6.07, 6.45) is 5.12. The Bertz CT molecular complexity index is 693.